The highest BCUT2D eigenvalue weighted by molar-refractivity contribution is 6.30. The fraction of sp³-hybridized carbons (Fsp3) is 0.250. The molecular formula is C24H22ClF3N2O4. The van der Waals surface area contributed by atoms with Gasteiger partial charge in [0.05, 0.1) is 32.6 Å². The number of aromatic nitrogens is 2. The van der Waals surface area contributed by atoms with E-state index in [1.54, 1.807) is 31.2 Å². The van der Waals surface area contributed by atoms with Crippen LogP contribution in [0.5, 0.6) is 5.88 Å². The van der Waals surface area contributed by atoms with Crippen molar-refractivity contribution in [2.24, 2.45) is 0 Å². The van der Waals surface area contributed by atoms with E-state index in [-0.39, 0.29) is 24.6 Å². The molecule has 0 aliphatic carbocycles. The topological polar surface area (TPSA) is 62.6 Å². The van der Waals surface area contributed by atoms with E-state index in [1.807, 2.05) is 0 Å². The number of alkyl halides is 3. The Morgan fingerprint density at radius 1 is 1.12 bits per heavy atom. The van der Waals surface area contributed by atoms with E-state index in [0.29, 0.717) is 27.4 Å². The number of benzene rings is 2. The molecule has 1 aromatic heterocycles. The molecule has 0 fully saturated rings. The van der Waals surface area contributed by atoms with Gasteiger partial charge in [-0.15, -0.1) is 5.10 Å². The van der Waals surface area contributed by atoms with E-state index in [2.05, 4.69) is 5.10 Å². The van der Waals surface area contributed by atoms with Gasteiger partial charge in [-0.25, -0.2) is 9.48 Å². The molecule has 3 aromatic rings. The highest BCUT2D eigenvalue weighted by Gasteiger charge is 2.30. The summed E-state index contributed by atoms with van der Waals surface area (Å²) in [5.41, 5.74) is 1.93. The Labute approximate surface area is 199 Å². The van der Waals surface area contributed by atoms with Crippen molar-refractivity contribution in [3.05, 3.63) is 87.8 Å². The zero-order valence-corrected chi connectivity index (χ0v) is 19.4. The average molecular weight is 495 g/mol. The van der Waals surface area contributed by atoms with Gasteiger partial charge in [0, 0.05) is 5.56 Å². The van der Waals surface area contributed by atoms with Crippen LogP contribution >= 0.6 is 11.6 Å². The van der Waals surface area contributed by atoms with Gasteiger partial charge in [0.15, 0.2) is 0 Å². The Morgan fingerprint density at radius 3 is 2.41 bits per heavy atom. The summed E-state index contributed by atoms with van der Waals surface area (Å²) in [6.45, 7) is 1.97. The van der Waals surface area contributed by atoms with Gasteiger partial charge >= 0.3 is 12.1 Å². The van der Waals surface area contributed by atoms with Crippen molar-refractivity contribution in [2.75, 3.05) is 14.2 Å². The highest BCUT2D eigenvalue weighted by Crippen LogP contribution is 2.30. The molecular weight excluding hydrogens is 473 g/mol. The largest absolute Gasteiger partial charge is 0.503 e. The van der Waals surface area contributed by atoms with Crippen molar-refractivity contribution in [3.63, 3.8) is 0 Å². The number of carbonyl (C=O) groups excluding carboxylic acids is 1. The molecule has 10 heteroatoms. The lowest BCUT2D eigenvalue weighted by atomic mass is 10.0. The fourth-order valence-electron chi connectivity index (χ4n) is 3.23. The molecule has 0 amide bonds. The number of hydrogen-bond donors (Lipinski definition) is 0. The van der Waals surface area contributed by atoms with Gasteiger partial charge in [0.1, 0.15) is 17.3 Å². The summed E-state index contributed by atoms with van der Waals surface area (Å²) in [6.07, 6.45) is -3.10. The predicted octanol–water partition coefficient (Wildman–Crippen LogP) is 5.65. The van der Waals surface area contributed by atoms with E-state index >= 15 is 0 Å². The molecule has 180 valence electrons. The van der Waals surface area contributed by atoms with Crippen LogP contribution in [0.4, 0.5) is 13.2 Å². The average Bonchev–Trinajstić information content (AvgIpc) is 3.08. The normalized spacial score (nSPS) is 11.9. The van der Waals surface area contributed by atoms with Crippen LogP contribution < -0.4 is 4.74 Å². The van der Waals surface area contributed by atoms with E-state index in [4.69, 9.17) is 25.8 Å². The van der Waals surface area contributed by atoms with Gasteiger partial charge in [-0.1, -0.05) is 48.0 Å². The van der Waals surface area contributed by atoms with E-state index in [0.717, 1.165) is 12.1 Å². The highest BCUT2D eigenvalue weighted by atomic mass is 35.5. The van der Waals surface area contributed by atoms with Crippen molar-refractivity contribution < 1.29 is 32.2 Å². The van der Waals surface area contributed by atoms with Gasteiger partial charge < -0.3 is 14.2 Å². The van der Waals surface area contributed by atoms with Crippen LogP contribution in [0, 0.1) is 6.92 Å². The lowest BCUT2D eigenvalue weighted by Crippen LogP contribution is -2.09. The summed E-state index contributed by atoms with van der Waals surface area (Å²) in [7, 11) is 2.70. The van der Waals surface area contributed by atoms with Crippen LogP contribution in [0.25, 0.3) is 5.57 Å². The number of hydrogen-bond acceptors (Lipinski definition) is 5. The molecule has 2 aromatic carbocycles. The van der Waals surface area contributed by atoms with E-state index in [9.17, 15) is 18.0 Å². The molecule has 0 saturated carbocycles. The number of ether oxygens (including phenoxy) is 3. The van der Waals surface area contributed by atoms with Crippen molar-refractivity contribution >= 4 is 23.1 Å². The van der Waals surface area contributed by atoms with E-state index < -0.39 is 17.7 Å². The summed E-state index contributed by atoms with van der Waals surface area (Å²) in [5, 5.41) is 4.67. The summed E-state index contributed by atoms with van der Waals surface area (Å²) in [5.74, 6) is -0.295. The number of esters is 1. The molecule has 0 aliphatic rings. The minimum absolute atomic E-state index is 0.0721. The smallest absolute Gasteiger partial charge is 0.416 e. The summed E-state index contributed by atoms with van der Waals surface area (Å²) in [4.78, 5) is 12.2. The second-order valence-corrected chi connectivity index (χ2v) is 7.64. The van der Waals surface area contributed by atoms with Gasteiger partial charge in [0.25, 0.3) is 0 Å². The van der Waals surface area contributed by atoms with Crippen LogP contribution in [0.1, 0.15) is 27.8 Å². The molecule has 0 aliphatic heterocycles. The first-order valence-electron chi connectivity index (χ1n) is 10.1. The van der Waals surface area contributed by atoms with Crippen LogP contribution in [0.15, 0.2) is 54.8 Å². The molecule has 0 bridgehead atoms. The SMILES string of the molecule is CO/C=C(/C(=O)OC)c1ccccc1COc1nn(Cc2ccc(C(F)(F)F)cc2)c(Cl)c1C. The third-order valence-electron chi connectivity index (χ3n) is 4.99. The molecule has 0 saturated heterocycles. The summed E-state index contributed by atoms with van der Waals surface area (Å²) >= 11 is 6.39. The molecule has 0 spiro atoms. The number of rotatable bonds is 8. The number of nitrogens with zero attached hydrogens (tertiary/aromatic N) is 2. The van der Waals surface area contributed by atoms with Crippen molar-refractivity contribution in [2.45, 2.75) is 26.3 Å². The number of halogens is 4. The number of methoxy groups -OCH3 is 2. The maximum absolute atomic E-state index is 12.8. The summed E-state index contributed by atoms with van der Waals surface area (Å²) in [6, 6.07) is 11.9. The Balaban J connectivity index is 1.79. The monoisotopic (exact) mass is 494 g/mol. The molecule has 6 nitrogen and oxygen atoms in total. The standard InChI is InChI=1S/C24H22ClF3N2O4/c1-15-21(25)30(12-16-8-10-18(11-9-16)24(26,27)28)29-22(15)34-13-17-6-4-5-7-19(17)20(14-32-2)23(31)33-3/h4-11,14H,12-13H2,1-3H3/b20-14+. The minimum Gasteiger partial charge on any atom is -0.503 e. The fourth-order valence-corrected chi connectivity index (χ4v) is 3.41. The lowest BCUT2D eigenvalue weighted by Gasteiger charge is -2.12. The third-order valence-corrected chi connectivity index (χ3v) is 5.47. The van der Waals surface area contributed by atoms with Crippen LogP contribution in [0.3, 0.4) is 0 Å². The Kier molecular flexibility index (Phi) is 7.88. The zero-order valence-electron chi connectivity index (χ0n) is 18.6. The van der Waals surface area contributed by atoms with Crippen molar-refractivity contribution in [3.8, 4) is 5.88 Å². The van der Waals surface area contributed by atoms with Gasteiger partial charge in [-0.3, -0.25) is 0 Å². The molecule has 0 unspecified atom stereocenters. The first-order chi connectivity index (χ1) is 16.2. The second kappa shape index (κ2) is 10.6. The van der Waals surface area contributed by atoms with E-state index in [1.165, 1.54) is 37.3 Å². The Bertz CT molecular complexity index is 1190. The van der Waals surface area contributed by atoms with Gasteiger partial charge in [0.2, 0.25) is 5.88 Å². The van der Waals surface area contributed by atoms with Crippen LogP contribution in [0.2, 0.25) is 5.15 Å². The minimum atomic E-state index is -4.40. The Hall–Kier alpha value is -3.46. The predicted molar refractivity (Wildman–Crippen MR) is 120 cm³/mol. The second-order valence-electron chi connectivity index (χ2n) is 7.28. The maximum atomic E-state index is 12.8. The Morgan fingerprint density at radius 2 is 1.79 bits per heavy atom. The van der Waals surface area contributed by atoms with Crippen LogP contribution in [-0.4, -0.2) is 30.0 Å². The number of carbonyl (C=O) groups is 1. The first-order valence-corrected chi connectivity index (χ1v) is 10.4. The van der Waals surface area contributed by atoms with Crippen LogP contribution in [-0.2, 0) is 33.6 Å². The molecule has 0 atom stereocenters. The molecule has 0 radical (unpaired) electrons. The van der Waals surface area contributed by atoms with Gasteiger partial charge in [-0.05, 0) is 35.7 Å². The summed E-state index contributed by atoms with van der Waals surface area (Å²) < 4.78 is 55.5. The maximum Gasteiger partial charge on any atom is 0.416 e. The molecule has 34 heavy (non-hydrogen) atoms. The molecule has 1 heterocycles. The van der Waals surface area contributed by atoms with Crippen molar-refractivity contribution in [1.82, 2.24) is 9.78 Å². The lowest BCUT2D eigenvalue weighted by molar-refractivity contribution is -0.137. The molecule has 0 N–H and O–H groups in total. The molecule has 3 rings (SSSR count). The zero-order chi connectivity index (χ0) is 24.9. The third kappa shape index (κ3) is 5.72. The van der Waals surface area contributed by atoms with Crippen molar-refractivity contribution in [1.29, 1.82) is 0 Å². The van der Waals surface area contributed by atoms with Gasteiger partial charge in [-0.2, -0.15) is 13.2 Å². The first kappa shape index (κ1) is 25.2. The quantitative estimate of drug-likeness (QED) is 0.230.